The van der Waals surface area contributed by atoms with Crippen LogP contribution >= 0.6 is 15.9 Å². The van der Waals surface area contributed by atoms with Crippen molar-refractivity contribution < 1.29 is 4.74 Å². The van der Waals surface area contributed by atoms with Crippen molar-refractivity contribution in [1.82, 2.24) is 0 Å². The quantitative estimate of drug-likeness (QED) is 0.698. The van der Waals surface area contributed by atoms with Gasteiger partial charge in [-0.15, -0.1) is 0 Å². The maximum atomic E-state index is 5.95. The number of hydrogen-bond donors (Lipinski definition) is 1. The van der Waals surface area contributed by atoms with Gasteiger partial charge >= 0.3 is 0 Å². The Balaban J connectivity index is 2.42. The fraction of sp³-hybridized carbons (Fsp3) is 0.600. The summed E-state index contributed by atoms with van der Waals surface area (Å²) in [5.41, 5.74) is 7.02. The molecule has 0 aliphatic rings. The van der Waals surface area contributed by atoms with E-state index in [2.05, 4.69) is 22.9 Å². The number of hydrogen-bond acceptors (Lipinski definition) is 2. The summed E-state index contributed by atoms with van der Waals surface area (Å²) in [5, 5.41) is 0. The van der Waals surface area contributed by atoms with E-state index in [1.54, 1.807) is 0 Å². The number of nitrogens with two attached hydrogens (primary N) is 1. The van der Waals surface area contributed by atoms with Crippen LogP contribution in [-0.2, 0) is 0 Å². The Morgan fingerprint density at radius 1 is 1.22 bits per heavy atom. The molecule has 1 atom stereocenters. The fourth-order valence-corrected chi connectivity index (χ4v) is 2.27. The SMILES string of the molecule is CCCCCCCOc1ccc(Br)cc1[C@H](C)N. The first-order chi connectivity index (χ1) is 8.65. The molecule has 0 aromatic heterocycles. The lowest BCUT2D eigenvalue weighted by Crippen LogP contribution is -2.08. The number of unbranched alkanes of at least 4 members (excludes halogenated alkanes) is 4. The molecule has 0 bridgehead atoms. The molecule has 18 heavy (non-hydrogen) atoms. The smallest absolute Gasteiger partial charge is 0.124 e. The largest absolute Gasteiger partial charge is 0.493 e. The third-order valence-electron chi connectivity index (χ3n) is 2.97. The summed E-state index contributed by atoms with van der Waals surface area (Å²) < 4.78 is 6.88. The van der Waals surface area contributed by atoms with E-state index in [0.29, 0.717) is 0 Å². The van der Waals surface area contributed by atoms with Gasteiger partial charge in [0.05, 0.1) is 6.61 Å². The molecular formula is C15H24BrNO. The minimum atomic E-state index is -0.00223. The molecule has 2 N–H and O–H groups in total. The van der Waals surface area contributed by atoms with E-state index in [0.717, 1.165) is 28.8 Å². The first kappa shape index (κ1) is 15.5. The molecule has 0 heterocycles. The molecule has 0 radical (unpaired) electrons. The molecule has 0 aliphatic carbocycles. The highest BCUT2D eigenvalue weighted by Crippen LogP contribution is 2.27. The predicted molar refractivity (Wildman–Crippen MR) is 81.0 cm³/mol. The third kappa shape index (κ3) is 5.40. The van der Waals surface area contributed by atoms with Crippen LogP contribution in [0.15, 0.2) is 22.7 Å². The zero-order valence-electron chi connectivity index (χ0n) is 11.4. The van der Waals surface area contributed by atoms with E-state index < -0.39 is 0 Å². The van der Waals surface area contributed by atoms with Crippen LogP contribution in [0, 0.1) is 0 Å². The van der Waals surface area contributed by atoms with Crippen molar-refractivity contribution in [2.75, 3.05) is 6.61 Å². The van der Waals surface area contributed by atoms with Gasteiger partial charge in [-0.2, -0.15) is 0 Å². The summed E-state index contributed by atoms with van der Waals surface area (Å²) in [4.78, 5) is 0. The Labute approximate surface area is 119 Å². The van der Waals surface area contributed by atoms with E-state index in [9.17, 15) is 0 Å². The number of ether oxygens (including phenoxy) is 1. The molecule has 102 valence electrons. The first-order valence-corrected chi connectivity index (χ1v) is 7.62. The summed E-state index contributed by atoms with van der Waals surface area (Å²) in [5.74, 6) is 0.920. The number of benzene rings is 1. The summed E-state index contributed by atoms with van der Waals surface area (Å²) >= 11 is 3.46. The second kappa shape index (κ2) is 8.54. The third-order valence-corrected chi connectivity index (χ3v) is 3.46. The molecule has 1 rings (SSSR count). The Kier molecular flexibility index (Phi) is 7.36. The average molecular weight is 314 g/mol. The second-order valence-corrected chi connectivity index (χ2v) is 5.65. The van der Waals surface area contributed by atoms with Crippen LogP contribution in [0.3, 0.4) is 0 Å². The van der Waals surface area contributed by atoms with Crippen molar-refractivity contribution in [2.45, 2.75) is 52.0 Å². The van der Waals surface area contributed by atoms with Crippen molar-refractivity contribution in [1.29, 1.82) is 0 Å². The lowest BCUT2D eigenvalue weighted by Gasteiger charge is -2.14. The van der Waals surface area contributed by atoms with Gasteiger partial charge in [0.1, 0.15) is 5.75 Å². The molecule has 0 spiro atoms. The van der Waals surface area contributed by atoms with Crippen LogP contribution in [-0.4, -0.2) is 6.61 Å². The molecular weight excluding hydrogens is 290 g/mol. The van der Waals surface area contributed by atoms with E-state index in [-0.39, 0.29) is 6.04 Å². The standard InChI is InChI=1S/C15H24BrNO/c1-3-4-5-6-7-10-18-15-9-8-13(16)11-14(15)12(2)17/h8-9,11-12H,3-7,10,17H2,1-2H3/t12-/m0/s1. The van der Waals surface area contributed by atoms with Gasteiger partial charge < -0.3 is 10.5 Å². The first-order valence-electron chi connectivity index (χ1n) is 6.83. The molecule has 2 nitrogen and oxygen atoms in total. The van der Waals surface area contributed by atoms with Gasteiger partial charge in [0.25, 0.3) is 0 Å². The molecule has 0 saturated carbocycles. The lowest BCUT2D eigenvalue weighted by molar-refractivity contribution is 0.300. The van der Waals surface area contributed by atoms with E-state index in [1.165, 1.54) is 25.7 Å². The van der Waals surface area contributed by atoms with Crippen LogP contribution in [0.4, 0.5) is 0 Å². The zero-order valence-corrected chi connectivity index (χ0v) is 13.0. The molecule has 0 fully saturated rings. The number of halogens is 1. The van der Waals surface area contributed by atoms with Gasteiger partial charge in [-0.05, 0) is 31.5 Å². The van der Waals surface area contributed by atoms with Gasteiger partial charge in [0.2, 0.25) is 0 Å². The van der Waals surface area contributed by atoms with Gasteiger partial charge in [-0.3, -0.25) is 0 Å². The van der Waals surface area contributed by atoms with Crippen LogP contribution in [0.5, 0.6) is 5.75 Å². The maximum Gasteiger partial charge on any atom is 0.124 e. The van der Waals surface area contributed by atoms with Gasteiger partial charge in [-0.25, -0.2) is 0 Å². The van der Waals surface area contributed by atoms with E-state index in [4.69, 9.17) is 10.5 Å². The van der Waals surface area contributed by atoms with Crippen molar-refractivity contribution >= 4 is 15.9 Å². The Bertz CT molecular complexity index is 352. The van der Waals surface area contributed by atoms with Gasteiger partial charge in [0.15, 0.2) is 0 Å². The second-order valence-electron chi connectivity index (χ2n) is 4.73. The minimum absolute atomic E-state index is 0.00223. The van der Waals surface area contributed by atoms with E-state index in [1.807, 2.05) is 25.1 Å². The van der Waals surface area contributed by atoms with Crippen LogP contribution in [0.1, 0.15) is 57.6 Å². The molecule has 0 aliphatic heterocycles. The van der Waals surface area contributed by atoms with Gasteiger partial charge in [-0.1, -0.05) is 48.5 Å². The Morgan fingerprint density at radius 3 is 2.61 bits per heavy atom. The molecule has 3 heteroatoms. The zero-order chi connectivity index (χ0) is 13.4. The summed E-state index contributed by atoms with van der Waals surface area (Å²) in [6.45, 7) is 4.99. The normalized spacial score (nSPS) is 12.4. The van der Waals surface area contributed by atoms with Crippen molar-refractivity contribution in [3.05, 3.63) is 28.2 Å². The molecule has 1 aromatic rings. The summed E-state index contributed by atoms with van der Waals surface area (Å²) in [6, 6.07) is 6.03. The van der Waals surface area contributed by atoms with Crippen LogP contribution in [0.2, 0.25) is 0 Å². The maximum absolute atomic E-state index is 5.95. The molecule has 0 unspecified atom stereocenters. The van der Waals surface area contributed by atoms with Crippen molar-refractivity contribution in [3.63, 3.8) is 0 Å². The predicted octanol–water partition coefficient (Wildman–Crippen LogP) is 4.82. The molecule has 1 aromatic carbocycles. The van der Waals surface area contributed by atoms with Crippen LogP contribution in [0.25, 0.3) is 0 Å². The minimum Gasteiger partial charge on any atom is -0.493 e. The van der Waals surface area contributed by atoms with Crippen molar-refractivity contribution in [2.24, 2.45) is 5.73 Å². The lowest BCUT2D eigenvalue weighted by atomic mass is 10.1. The highest BCUT2D eigenvalue weighted by Gasteiger charge is 2.08. The fourth-order valence-electron chi connectivity index (χ4n) is 1.89. The van der Waals surface area contributed by atoms with Gasteiger partial charge in [0, 0.05) is 16.1 Å². The monoisotopic (exact) mass is 313 g/mol. The average Bonchev–Trinajstić information content (AvgIpc) is 2.35. The van der Waals surface area contributed by atoms with Crippen molar-refractivity contribution in [3.8, 4) is 5.75 Å². The highest BCUT2D eigenvalue weighted by atomic mass is 79.9. The Hall–Kier alpha value is -0.540. The topological polar surface area (TPSA) is 35.2 Å². The summed E-state index contributed by atoms with van der Waals surface area (Å²) in [6.07, 6.45) is 6.28. The molecule has 0 saturated heterocycles. The van der Waals surface area contributed by atoms with E-state index >= 15 is 0 Å². The molecule has 0 amide bonds. The van der Waals surface area contributed by atoms with Crippen LogP contribution < -0.4 is 10.5 Å². The number of rotatable bonds is 8. The Morgan fingerprint density at radius 2 is 1.94 bits per heavy atom. The summed E-state index contributed by atoms with van der Waals surface area (Å²) in [7, 11) is 0. The highest BCUT2D eigenvalue weighted by molar-refractivity contribution is 9.10.